The Bertz CT molecular complexity index is 1420. The lowest BCUT2D eigenvalue weighted by atomic mass is 10.1. The number of nitro benzene ring substituents is 1. The standard InChI is InChI=1S/C27H17NO8/c29-25(18-10-4-1-5-11-18)35-23-16-21(27(31)34-20-14-8-3-9-15-20)22(28(32)33)17-24(23)36-26(30)19-12-6-2-7-13-19/h1-17H. The van der Waals surface area contributed by atoms with Gasteiger partial charge in [-0.1, -0.05) is 54.6 Å². The molecule has 0 aliphatic heterocycles. The third kappa shape index (κ3) is 5.60. The zero-order chi connectivity index (χ0) is 25.5. The van der Waals surface area contributed by atoms with Crippen LogP contribution in [0.5, 0.6) is 17.2 Å². The molecule has 0 unspecified atom stereocenters. The van der Waals surface area contributed by atoms with Gasteiger partial charge >= 0.3 is 17.9 Å². The largest absolute Gasteiger partial charge is 0.423 e. The number of benzene rings is 4. The zero-order valence-electron chi connectivity index (χ0n) is 18.5. The van der Waals surface area contributed by atoms with Crippen LogP contribution in [0.3, 0.4) is 0 Å². The van der Waals surface area contributed by atoms with E-state index in [2.05, 4.69) is 0 Å². The van der Waals surface area contributed by atoms with Crippen LogP contribution in [0.1, 0.15) is 31.1 Å². The van der Waals surface area contributed by atoms with Crippen molar-refractivity contribution >= 4 is 23.6 Å². The maximum atomic E-state index is 12.8. The Kier molecular flexibility index (Phi) is 7.11. The number of hydrogen-bond donors (Lipinski definition) is 0. The summed E-state index contributed by atoms with van der Waals surface area (Å²) in [5.74, 6) is -3.38. The van der Waals surface area contributed by atoms with E-state index in [0.29, 0.717) is 0 Å². The van der Waals surface area contributed by atoms with Crippen LogP contribution >= 0.6 is 0 Å². The second-order valence-corrected chi connectivity index (χ2v) is 7.29. The Labute approximate surface area is 204 Å². The number of para-hydroxylation sites is 1. The Hall–Kier alpha value is -5.31. The van der Waals surface area contributed by atoms with E-state index in [9.17, 15) is 24.5 Å². The summed E-state index contributed by atoms with van der Waals surface area (Å²) in [7, 11) is 0. The molecule has 0 radical (unpaired) electrons. The average molecular weight is 483 g/mol. The first-order valence-corrected chi connectivity index (χ1v) is 10.6. The summed E-state index contributed by atoms with van der Waals surface area (Å²) in [5.41, 5.74) is -0.872. The van der Waals surface area contributed by atoms with E-state index >= 15 is 0 Å². The lowest BCUT2D eigenvalue weighted by Gasteiger charge is -2.13. The molecular weight excluding hydrogens is 466 g/mol. The van der Waals surface area contributed by atoms with Crippen molar-refractivity contribution in [2.75, 3.05) is 0 Å². The minimum absolute atomic E-state index is 0.152. The van der Waals surface area contributed by atoms with Crippen LogP contribution in [0, 0.1) is 10.1 Å². The molecule has 4 aromatic carbocycles. The van der Waals surface area contributed by atoms with Gasteiger partial charge in [0.2, 0.25) is 0 Å². The van der Waals surface area contributed by atoms with E-state index in [-0.39, 0.29) is 22.6 Å². The first kappa shape index (κ1) is 23.8. The maximum absolute atomic E-state index is 12.8. The number of ether oxygens (including phenoxy) is 3. The molecule has 36 heavy (non-hydrogen) atoms. The van der Waals surface area contributed by atoms with Crippen molar-refractivity contribution in [3.8, 4) is 17.2 Å². The topological polar surface area (TPSA) is 122 Å². The number of nitrogens with zero attached hydrogens (tertiary/aromatic N) is 1. The summed E-state index contributed by atoms with van der Waals surface area (Å²) in [4.78, 5) is 49.1. The zero-order valence-corrected chi connectivity index (χ0v) is 18.5. The van der Waals surface area contributed by atoms with Crippen LogP contribution in [0.2, 0.25) is 0 Å². The van der Waals surface area contributed by atoms with Crippen molar-refractivity contribution in [3.63, 3.8) is 0 Å². The third-order valence-electron chi connectivity index (χ3n) is 4.86. The van der Waals surface area contributed by atoms with Crippen LogP contribution in [0.15, 0.2) is 103 Å². The molecule has 0 aliphatic rings. The highest BCUT2D eigenvalue weighted by atomic mass is 16.6. The van der Waals surface area contributed by atoms with Gasteiger partial charge in [-0.2, -0.15) is 0 Å². The molecule has 0 atom stereocenters. The normalized spacial score (nSPS) is 10.2. The van der Waals surface area contributed by atoms with Crippen molar-refractivity contribution in [3.05, 3.63) is 130 Å². The summed E-state index contributed by atoms with van der Waals surface area (Å²) < 4.78 is 16.0. The fourth-order valence-corrected chi connectivity index (χ4v) is 3.14. The molecule has 0 heterocycles. The summed E-state index contributed by atoms with van der Waals surface area (Å²) >= 11 is 0. The predicted octanol–water partition coefficient (Wildman–Crippen LogP) is 5.25. The predicted molar refractivity (Wildman–Crippen MR) is 127 cm³/mol. The molecule has 0 saturated heterocycles. The van der Waals surface area contributed by atoms with Crippen LogP contribution in [0.25, 0.3) is 0 Å². The van der Waals surface area contributed by atoms with Crippen molar-refractivity contribution in [1.82, 2.24) is 0 Å². The van der Waals surface area contributed by atoms with Gasteiger partial charge < -0.3 is 14.2 Å². The summed E-state index contributed by atoms with van der Waals surface area (Å²) in [6.07, 6.45) is 0. The smallest absolute Gasteiger partial charge is 0.350 e. The molecule has 4 aromatic rings. The minimum atomic E-state index is -1.06. The Morgan fingerprint density at radius 3 is 1.50 bits per heavy atom. The average Bonchev–Trinajstić information content (AvgIpc) is 2.90. The van der Waals surface area contributed by atoms with Gasteiger partial charge in [0.25, 0.3) is 5.69 Å². The molecule has 0 spiro atoms. The summed E-state index contributed by atoms with van der Waals surface area (Å²) in [6, 6.07) is 25.5. The molecule has 0 fully saturated rings. The lowest BCUT2D eigenvalue weighted by molar-refractivity contribution is -0.385. The van der Waals surface area contributed by atoms with Crippen LogP contribution in [0.4, 0.5) is 5.69 Å². The number of esters is 3. The molecule has 4 rings (SSSR count). The monoisotopic (exact) mass is 483 g/mol. The molecule has 9 nitrogen and oxygen atoms in total. The van der Waals surface area contributed by atoms with Gasteiger partial charge in [0.1, 0.15) is 11.3 Å². The van der Waals surface area contributed by atoms with Gasteiger partial charge in [-0.15, -0.1) is 0 Å². The maximum Gasteiger partial charge on any atom is 0.350 e. The van der Waals surface area contributed by atoms with E-state index in [1.165, 1.54) is 36.4 Å². The van der Waals surface area contributed by atoms with Gasteiger partial charge in [0.05, 0.1) is 22.1 Å². The van der Waals surface area contributed by atoms with Crippen molar-refractivity contribution in [2.24, 2.45) is 0 Å². The number of nitro groups is 1. The van der Waals surface area contributed by atoms with Gasteiger partial charge in [-0.3, -0.25) is 10.1 Å². The minimum Gasteiger partial charge on any atom is -0.423 e. The van der Waals surface area contributed by atoms with Gasteiger partial charge in [-0.05, 0) is 36.4 Å². The third-order valence-corrected chi connectivity index (χ3v) is 4.86. The number of rotatable bonds is 7. The van der Waals surface area contributed by atoms with E-state index < -0.39 is 39.8 Å². The Balaban J connectivity index is 1.75. The van der Waals surface area contributed by atoms with Crippen LogP contribution in [-0.4, -0.2) is 22.8 Å². The molecule has 178 valence electrons. The number of carbonyl (C=O) groups excluding carboxylic acids is 3. The highest BCUT2D eigenvalue weighted by Crippen LogP contribution is 2.36. The first-order valence-electron chi connectivity index (χ1n) is 10.6. The Morgan fingerprint density at radius 2 is 1.03 bits per heavy atom. The lowest BCUT2D eigenvalue weighted by Crippen LogP contribution is -2.16. The SMILES string of the molecule is O=C(Oc1cc(C(=O)Oc2ccccc2)c([N+](=O)[O-])cc1OC(=O)c1ccccc1)c1ccccc1. The Morgan fingerprint density at radius 1 is 0.583 bits per heavy atom. The van der Waals surface area contributed by atoms with Gasteiger partial charge in [-0.25, -0.2) is 14.4 Å². The fourth-order valence-electron chi connectivity index (χ4n) is 3.14. The fraction of sp³-hybridized carbons (Fsp3) is 0. The molecule has 0 aliphatic carbocycles. The number of hydrogen-bond acceptors (Lipinski definition) is 8. The van der Waals surface area contributed by atoms with Crippen LogP contribution in [-0.2, 0) is 0 Å². The molecule has 0 aromatic heterocycles. The quantitative estimate of drug-likeness (QED) is 0.151. The molecule has 0 amide bonds. The summed E-state index contributed by atoms with van der Waals surface area (Å²) in [6.45, 7) is 0. The van der Waals surface area contributed by atoms with Crippen molar-refractivity contribution in [2.45, 2.75) is 0 Å². The van der Waals surface area contributed by atoms with Crippen LogP contribution < -0.4 is 14.2 Å². The van der Waals surface area contributed by atoms with Gasteiger partial charge in [0.15, 0.2) is 11.5 Å². The van der Waals surface area contributed by atoms with E-state index in [1.54, 1.807) is 54.6 Å². The van der Waals surface area contributed by atoms with Crippen molar-refractivity contribution in [1.29, 1.82) is 0 Å². The second-order valence-electron chi connectivity index (χ2n) is 7.29. The molecule has 0 N–H and O–H groups in total. The highest BCUT2D eigenvalue weighted by Gasteiger charge is 2.29. The highest BCUT2D eigenvalue weighted by molar-refractivity contribution is 5.98. The van der Waals surface area contributed by atoms with E-state index in [0.717, 1.165) is 12.1 Å². The second kappa shape index (κ2) is 10.7. The van der Waals surface area contributed by atoms with Crippen molar-refractivity contribution < 1.29 is 33.5 Å². The van der Waals surface area contributed by atoms with Gasteiger partial charge in [0, 0.05) is 6.07 Å². The van der Waals surface area contributed by atoms with E-state index in [4.69, 9.17) is 14.2 Å². The summed E-state index contributed by atoms with van der Waals surface area (Å²) in [5, 5.41) is 11.8. The van der Waals surface area contributed by atoms with E-state index in [1.807, 2.05) is 0 Å². The molecule has 0 bridgehead atoms. The molecular formula is C27H17NO8. The molecule has 0 saturated carbocycles. The first-order chi connectivity index (χ1) is 17.4. The molecule has 9 heteroatoms. The number of carbonyl (C=O) groups is 3.